The van der Waals surface area contributed by atoms with Gasteiger partial charge < -0.3 is 4.74 Å². The summed E-state index contributed by atoms with van der Waals surface area (Å²) in [5, 5.41) is 0. The predicted octanol–water partition coefficient (Wildman–Crippen LogP) is 3.02. The summed E-state index contributed by atoms with van der Waals surface area (Å²) in [5.74, 6) is -0.347. The topological polar surface area (TPSA) is 26.3 Å². The van der Waals surface area contributed by atoms with Crippen LogP contribution in [0.1, 0.15) is 26.2 Å². The van der Waals surface area contributed by atoms with Gasteiger partial charge >= 0.3 is 5.97 Å². The maximum atomic E-state index is 10.2. The highest BCUT2D eigenvalue weighted by atomic mass is 16.5. The molecule has 0 aromatic heterocycles. The Balaban J connectivity index is 0.000000241. The lowest BCUT2D eigenvalue weighted by Gasteiger charge is -2.03. The van der Waals surface area contributed by atoms with Gasteiger partial charge in [0.25, 0.3) is 0 Å². The van der Waals surface area contributed by atoms with Gasteiger partial charge in [0.1, 0.15) is 0 Å². The van der Waals surface area contributed by atoms with Crippen LogP contribution in [-0.2, 0) is 9.53 Å². The Hall–Kier alpha value is -1.31. The number of rotatable bonds is 1. The molecule has 0 heterocycles. The van der Waals surface area contributed by atoms with Gasteiger partial charge in [-0.2, -0.15) is 0 Å². The van der Waals surface area contributed by atoms with Crippen LogP contribution in [0.25, 0.3) is 0 Å². The van der Waals surface area contributed by atoms with Crippen molar-refractivity contribution in [2.45, 2.75) is 26.2 Å². The largest absolute Gasteiger partial charge is 0.466 e. The van der Waals surface area contributed by atoms with Crippen LogP contribution in [0.4, 0.5) is 0 Å². The molecule has 78 valence electrons. The van der Waals surface area contributed by atoms with Crippen LogP contribution in [0.3, 0.4) is 0 Å². The van der Waals surface area contributed by atoms with E-state index in [9.17, 15) is 4.79 Å². The molecule has 1 rings (SSSR count). The maximum Gasteiger partial charge on any atom is 0.332 e. The number of hydrogen-bond acceptors (Lipinski definition) is 2. The molecule has 0 fully saturated rings. The first kappa shape index (κ1) is 12.7. The summed E-state index contributed by atoms with van der Waals surface area (Å²) in [4.78, 5) is 10.2. The zero-order chi connectivity index (χ0) is 11.0. The predicted molar refractivity (Wildman–Crippen MR) is 59.0 cm³/mol. The van der Waals surface area contributed by atoms with Gasteiger partial charge in [-0.25, -0.2) is 4.79 Å². The van der Waals surface area contributed by atoms with Crippen molar-refractivity contribution in [3.05, 3.63) is 36.5 Å². The van der Waals surface area contributed by atoms with E-state index in [1.807, 2.05) is 0 Å². The third-order valence-electron chi connectivity index (χ3n) is 1.77. The van der Waals surface area contributed by atoms with Crippen molar-refractivity contribution in [1.82, 2.24) is 0 Å². The van der Waals surface area contributed by atoms with Gasteiger partial charge in [-0.15, -0.1) is 0 Å². The molecule has 2 heteroatoms. The number of methoxy groups -OCH3 is 1. The molecule has 0 bridgehead atoms. The molecule has 0 aliphatic heterocycles. The lowest BCUT2D eigenvalue weighted by molar-refractivity contribution is -0.136. The highest BCUT2D eigenvalue weighted by Gasteiger charge is 1.95. The third kappa shape index (κ3) is 6.23. The van der Waals surface area contributed by atoms with Crippen LogP contribution in [0, 0.1) is 0 Å². The van der Waals surface area contributed by atoms with Crippen molar-refractivity contribution in [1.29, 1.82) is 0 Å². The van der Waals surface area contributed by atoms with Gasteiger partial charge in [0, 0.05) is 5.57 Å². The average molecular weight is 194 g/mol. The molecule has 1 aliphatic carbocycles. The Bertz CT molecular complexity index is 249. The summed E-state index contributed by atoms with van der Waals surface area (Å²) in [6.45, 7) is 8.82. The van der Waals surface area contributed by atoms with E-state index in [0.29, 0.717) is 5.57 Å². The summed E-state index contributed by atoms with van der Waals surface area (Å²) in [7, 11) is 1.33. The monoisotopic (exact) mass is 194 g/mol. The molecule has 0 N–H and O–H groups in total. The quantitative estimate of drug-likeness (QED) is 0.364. The fraction of sp³-hybridized carbons (Fsp3) is 0.417. The van der Waals surface area contributed by atoms with Crippen molar-refractivity contribution >= 4 is 5.97 Å². The molecule has 0 atom stereocenters. The Morgan fingerprint density at radius 1 is 1.50 bits per heavy atom. The standard InChI is InChI=1S/C7H10.C5H8O2/c1-7-5-3-2-4-6-7;1-4(2)5(6)7-3/h2-3H,1,4-6H2;1H2,2-3H3. The summed E-state index contributed by atoms with van der Waals surface area (Å²) in [6.07, 6.45) is 7.93. The van der Waals surface area contributed by atoms with E-state index in [-0.39, 0.29) is 5.97 Å². The molecule has 0 aromatic carbocycles. The van der Waals surface area contributed by atoms with E-state index in [0.717, 1.165) is 6.42 Å². The van der Waals surface area contributed by atoms with E-state index < -0.39 is 0 Å². The minimum absolute atomic E-state index is 0.347. The van der Waals surface area contributed by atoms with Gasteiger partial charge in [0.2, 0.25) is 0 Å². The van der Waals surface area contributed by atoms with Crippen LogP contribution in [-0.4, -0.2) is 13.1 Å². The normalized spacial score (nSPS) is 14.0. The SMILES string of the molecule is C=C(C)C(=O)OC.C=C1CC=CCC1. The molecule has 2 nitrogen and oxygen atoms in total. The number of allylic oxidation sites excluding steroid dienone is 3. The van der Waals surface area contributed by atoms with E-state index in [4.69, 9.17) is 0 Å². The number of carbonyl (C=O) groups is 1. The first-order valence-electron chi connectivity index (χ1n) is 4.63. The second-order valence-corrected chi connectivity index (χ2v) is 3.24. The van der Waals surface area contributed by atoms with Crippen LogP contribution >= 0.6 is 0 Å². The molecule has 0 radical (unpaired) electrons. The van der Waals surface area contributed by atoms with E-state index >= 15 is 0 Å². The van der Waals surface area contributed by atoms with Crippen LogP contribution < -0.4 is 0 Å². The zero-order valence-electron chi connectivity index (χ0n) is 9.01. The fourth-order valence-electron chi connectivity index (χ4n) is 0.932. The van der Waals surface area contributed by atoms with Crippen molar-refractivity contribution in [3.8, 4) is 0 Å². The van der Waals surface area contributed by atoms with Gasteiger partial charge in [0.15, 0.2) is 0 Å². The fourth-order valence-corrected chi connectivity index (χ4v) is 0.932. The van der Waals surface area contributed by atoms with Gasteiger partial charge in [0.05, 0.1) is 7.11 Å². The maximum absolute atomic E-state index is 10.2. The minimum Gasteiger partial charge on any atom is -0.466 e. The minimum atomic E-state index is -0.347. The first-order valence-corrected chi connectivity index (χ1v) is 4.63. The second-order valence-electron chi connectivity index (χ2n) is 3.24. The Kier molecular flexibility index (Phi) is 6.46. The van der Waals surface area contributed by atoms with Crippen LogP contribution in [0.15, 0.2) is 36.5 Å². The van der Waals surface area contributed by atoms with Gasteiger partial charge in [-0.1, -0.05) is 30.9 Å². The molecule has 0 saturated heterocycles. The Morgan fingerprint density at radius 3 is 2.29 bits per heavy atom. The number of hydrogen-bond donors (Lipinski definition) is 0. The highest BCUT2D eigenvalue weighted by molar-refractivity contribution is 5.86. The molecule has 0 aromatic rings. The Morgan fingerprint density at radius 2 is 2.14 bits per heavy atom. The second kappa shape index (κ2) is 7.13. The summed E-state index contributed by atoms with van der Waals surface area (Å²) in [6, 6.07) is 0. The van der Waals surface area contributed by atoms with Crippen molar-refractivity contribution in [2.75, 3.05) is 7.11 Å². The van der Waals surface area contributed by atoms with Crippen LogP contribution in [0.2, 0.25) is 0 Å². The molecule has 0 amide bonds. The molecule has 1 aliphatic rings. The highest BCUT2D eigenvalue weighted by Crippen LogP contribution is 2.13. The number of esters is 1. The van der Waals surface area contributed by atoms with Crippen molar-refractivity contribution in [3.63, 3.8) is 0 Å². The van der Waals surface area contributed by atoms with Crippen molar-refractivity contribution < 1.29 is 9.53 Å². The van der Waals surface area contributed by atoms with Gasteiger partial charge in [-0.3, -0.25) is 0 Å². The number of carbonyl (C=O) groups excluding carboxylic acids is 1. The molecule has 0 spiro atoms. The molecule has 14 heavy (non-hydrogen) atoms. The summed E-state index contributed by atoms with van der Waals surface area (Å²) >= 11 is 0. The molecule has 0 saturated carbocycles. The summed E-state index contributed by atoms with van der Waals surface area (Å²) < 4.78 is 4.27. The van der Waals surface area contributed by atoms with E-state index in [1.165, 1.54) is 25.5 Å². The lowest BCUT2D eigenvalue weighted by Crippen LogP contribution is -1.98. The lowest BCUT2D eigenvalue weighted by atomic mass is 10.0. The smallest absolute Gasteiger partial charge is 0.332 e. The Labute approximate surface area is 86.0 Å². The van der Waals surface area contributed by atoms with E-state index in [1.54, 1.807) is 6.92 Å². The average Bonchev–Trinajstić information content (AvgIpc) is 2.18. The first-order chi connectivity index (χ1) is 6.57. The summed E-state index contributed by atoms with van der Waals surface area (Å²) in [5.41, 5.74) is 1.81. The van der Waals surface area contributed by atoms with Crippen molar-refractivity contribution in [2.24, 2.45) is 0 Å². The number of ether oxygens (including phenoxy) is 1. The molecular weight excluding hydrogens is 176 g/mol. The van der Waals surface area contributed by atoms with Crippen LogP contribution in [0.5, 0.6) is 0 Å². The van der Waals surface area contributed by atoms with E-state index in [2.05, 4.69) is 30.0 Å². The third-order valence-corrected chi connectivity index (χ3v) is 1.77. The zero-order valence-corrected chi connectivity index (χ0v) is 9.01. The molecule has 0 unspecified atom stereocenters. The molecular formula is C12H18O2. The van der Waals surface area contributed by atoms with Gasteiger partial charge in [-0.05, 0) is 26.2 Å².